The van der Waals surface area contributed by atoms with Crippen molar-refractivity contribution >= 4 is 16.8 Å². The highest BCUT2D eigenvalue weighted by molar-refractivity contribution is 5.91. The molecule has 4 nitrogen and oxygen atoms in total. The number of H-pyrrole nitrogens is 1. The normalized spacial score (nSPS) is 12.1. The Morgan fingerprint density at radius 1 is 0.935 bits per heavy atom. The van der Waals surface area contributed by atoms with Crippen LogP contribution >= 0.6 is 0 Å². The molecule has 0 aliphatic carbocycles. The molecule has 0 fully saturated rings. The van der Waals surface area contributed by atoms with Crippen LogP contribution in [0.5, 0.6) is 0 Å². The number of fused-ring (bicyclic) bond motifs is 1. The number of aliphatic hydroxyl groups excluding tert-OH is 1. The average Bonchev–Trinajstić information content (AvgIpc) is 3.15. The standard InChI is InChI=1S/C25H22F2N2O2/c26-18-9-5-16(6-10-18)23(30)15-28-24(31)14-13-21-20-3-1-2-4-22(20)29-25(21)17-7-11-19(27)12-8-17/h1-12,23,29-30H,13-15H2,(H,28,31). The van der Waals surface area contributed by atoms with Gasteiger partial charge in [-0.05, 0) is 65.6 Å². The molecule has 0 saturated heterocycles. The van der Waals surface area contributed by atoms with Crippen molar-refractivity contribution in [3.8, 4) is 11.3 Å². The number of aryl methyl sites for hydroxylation is 1. The zero-order chi connectivity index (χ0) is 21.8. The van der Waals surface area contributed by atoms with E-state index in [-0.39, 0.29) is 30.5 Å². The Bertz CT molecular complexity index is 1180. The van der Waals surface area contributed by atoms with Crippen molar-refractivity contribution < 1.29 is 18.7 Å². The molecule has 1 aromatic heterocycles. The molecule has 0 bridgehead atoms. The highest BCUT2D eigenvalue weighted by Gasteiger charge is 2.15. The van der Waals surface area contributed by atoms with Crippen LogP contribution in [0, 0.1) is 11.6 Å². The number of carbonyl (C=O) groups is 1. The molecule has 3 N–H and O–H groups in total. The van der Waals surface area contributed by atoms with E-state index < -0.39 is 6.10 Å². The summed E-state index contributed by atoms with van der Waals surface area (Å²) in [4.78, 5) is 15.8. The van der Waals surface area contributed by atoms with Gasteiger partial charge in [0.2, 0.25) is 5.91 Å². The van der Waals surface area contributed by atoms with E-state index in [9.17, 15) is 18.7 Å². The summed E-state index contributed by atoms with van der Waals surface area (Å²) in [6.07, 6.45) is -0.200. The summed E-state index contributed by atoms with van der Waals surface area (Å²) >= 11 is 0. The Balaban J connectivity index is 1.45. The van der Waals surface area contributed by atoms with Gasteiger partial charge in [-0.25, -0.2) is 8.78 Å². The molecule has 1 unspecified atom stereocenters. The molecular formula is C25H22F2N2O2. The molecule has 3 aromatic carbocycles. The number of hydrogen-bond donors (Lipinski definition) is 3. The number of carbonyl (C=O) groups excluding carboxylic acids is 1. The highest BCUT2D eigenvalue weighted by atomic mass is 19.1. The Labute approximate surface area is 178 Å². The van der Waals surface area contributed by atoms with Crippen molar-refractivity contribution in [2.24, 2.45) is 0 Å². The predicted molar refractivity (Wildman–Crippen MR) is 116 cm³/mol. The summed E-state index contributed by atoms with van der Waals surface area (Å²) in [5, 5.41) is 13.9. The fraction of sp³-hybridized carbons (Fsp3) is 0.160. The summed E-state index contributed by atoms with van der Waals surface area (Å²) in [7, 11) is 0. The smallest absolute Gasteiger partial charge is 0.220 e. The Morgan fingerprint density at radius 3 is 2.29 bits per heavy atom. The third-order valence-corrected chi connectivity index (χ3v) is 5.30. The van der Waals surface area contributed by atoms with E-state index in [1.165, 1.54) is 36.4 Å². The van der Waals surface area contributed by atoms with Gasteiger partial charge in [0, 0.05) is 29.6 Å². The van der Waals surface area contributed by atoms with Crippen LogP contribution in [0.1, 0.15) is 23.7 Å². The molecule has 31 heavy (non-hydrogen) atoms. The van der Waals surface area contributed by atoms with Crippen molar-refractivity contribution in [3.05, 3.63) is 95.6 Å². The lowest BCUT2D eigenvalue weighted by molar-refractivity contribution is -0.121. The number of aromatic amines is 1. The minimum Gasteiger partial charge on any atom is -0.387 e. The van der Waals surface area contributed by atoms with Gasteiger partial charge >= 0.3 is 0 Å². The van der Waals surface area contributed by atoms with Crippen molar-refractivity contribution in [1.29, 1.82) is 0 Å². The predicted octanol–water partition coefficient (Wildman–Crippen LogP) is 4.90. The lowest BCUT2D eigenvalue weighted by Gasteiger charge is -2.12. The van der Waals surface area contributed by atoms with E-state index in [2.05, 4.69) is 10.3 Å². The van der Waals surface area contributed by atoms with Gasteiger partial charge < -0.3 is 15.4 Å². The summed E-state index contributed by atoms with van der Waals surface area (Å²) in [6.45, 7) is 0.0448. The van der Waals surface area contributed by atoms with Crippen molar-refractivity contribution in [2.45, 2.75) is 18.9 Å². The van der Waals surface area contributed by atoms with Crippen LogP contribution in [0.3, 0.4) is 0 Å². The van der Waals surface area contributed by atoms with Crippen LogP contribution in [0.15, 0.2) is 72.8 Å². The van der Waals surface area contributed by atoms with Crippen LogP contribution in [-0.4, -0.2) is 22.5 Å². The number of halogens is 2. The Hall–Kier alpha value is -3.51. The lowest BCUT2D eigenvalue weighted by atomic mass is 10.0. The number of benzene rings is 3. The first kappa shape index (κ1) is 20.8. The molecule has 0 aliphatic rings. The second kappa shape index (κ2) is 9.10. The lowest BCUT2D eigenvalue weighted by Crippen LogP contribution is -2.28. The highest BCUT2D eigenvalue weighted by Crippen LogP contribution is 2.31. The second-order valence-electron chi connectivity index (χ2n) is 7.40. The average molecular weight is 420 g/mol. The largest absolute Gasteiger partial charge is 0.387 e. The third kappa shape index (κ3) is 4.81. The minimum atomic E-state index is -0.910. The SMILES string of the molecule is O=C(CCc1c(-c2ccc(F)cc2)[nH]c2ccccc12)NCC(O)c1ccc(F)cc1. The maximum Gasteiger partial charge on any atom is 0.220 e. The maximum atomic E-state index is 13.4. The summed E-state index contributed by atoms with van der Waals surface area (Å²) in [5.74, 6) is -0.882. The molecule has 0 spiro atoms. The Morgan fingerprint density at radius 2 is 1.58 bits per heavy atom. The van der Waals surface area contributed by atoms with Gasteiger partial charge in [0.15, 0.2) is 0 Å². The van der Waals surface area contributed by atoms with Gasteiger partial charge in [-0.15, -0.1) is 0 Å². The van der Waals surface area contributed by atoms with Gasteiger partial charge in [0.1, 0.15) is 11.6 Å². The number of para-hydroxylation sites is 1. The van der Waals surface area contributed by atoms with Crippen molar-refractivity contribution in [3.63, 3.8) is 0 Å². The number of hydrogen-bond acceptors (Lipinski definition) is 2. The molecular weight excluding hydrogens is 398 g/mol. The van der Waals surface area contributed by atoms with Crippen molar-refractivity contribution in [1.82, 2.24) is 10.3 Å². The zero-order valence-electron chi connectivity index (χ0n) is 16.7. The van der Waals surface area contributed by atoms with Gasteiger partial charge in [-0.3, -0.25) is 4.79 Å². The second-order valence-corrected chi connectivity index (χ2v) is 7.40. The van der Waals surface area contributed by atoms with Crippen LogP contribution in [-0.2, 0) is 11.2 Å². The van der Waals surface area contributed by atoms with E-state index in [0.29, 0.717) is 12.0 Å². The van der Waals surface area contributed by atoms with E-state index >= 15 is 0 Å². The molecule has 0 radical (unpaired) electrons. The first-order valence-electron chi connectivity index (χ1n) is 10.1. The molecule has 0 saturated carbocycles. The number of nitrogens with one attached hydrogen (secondary N) is 2. The zero-order valence-corrected chi connectivity index (χ0v) is 16.7. The first-order chi connectivity index (χ1) is 15.0. The molecule has 4 rings (SSSR count). The summed E-state index contributed by atoms with van der Waals surface area (Å²) < 4.78 is 26.4. The number of aromatic nitrogens is 1. The monoisotopic (exact) mass is 420 g/mol. The van der Waals surface area contributed by atoms with Gasteiger partial charge in [-0.2, -0.15) is 0 Å². The molecule has 1 atom stereocenters. The van der Waals surface area contributed by atoms with Crippen molar-refractivity contribution in [2.75, 3.05) is 6.54 Å². The quantitative estimate of drug-likeness (QED) is 0.398. The van der Waals surface area contributed by atoms with Crippen LogP contribution in [0.4, 0.5) is 8.78 Å². The molecule has 1 amide bonds. The van der Waals surface area contributed by atoms with E-state index in [4.69, 9.17) is 0 Å². The number of rotatable bonds is 7. The van der Waals surface area contributed by atoms with E-state index in [1.54, 1.807) is 12.1 Å². The number of amides is 1. The van der Waals surface area contributed by atoms with Crippen LogP contribution in [0.25, 0.3) is 22.2 Å². The fourth-order valence-electron chi connectivity index (χ4n) is 3.66. The first-order valence-corrected chi connectivity index (χ1v) is 10.1. The molecule has 4 aromatic rings. The Kier molecular flexibility index (Phi) is 6.09. The summed E-state index contributed by atoms with van der Waals surface area (Å²) in [6, 6.07) is 19.6. The van der Waals surface area contributed by atoms with Gasteiger partial charge in [-0.1, -0.05) is 30.3 Å². The molecule has 0 aliphatic heterocycles. The molecule has 158 valence electrons. The fourth-order valence-corrected chi connectivity index (χ4v) is 3.66. The number of aliphatic hydroxyl groups is 1. The third-order valence-electron chi connectivity index (χ3n) is 5.30. The minimum absolute atomic E-state index is 0.0448. The molecule has 1 heterocycles. The van der Waals surface area contributed by atoms with Crippen LogP contribution in [0.2, 0.25) is 0 Å². The topological polar surface area (TPSA) is 65.1 Å². The summed E-state index contributed by atoms with van der Waals surface area (Å²) in [5.41, 5.74) is 4.18. The van der Waals surface area contributed by atoms with Crippen LogP contribution < -0.4 is 5.32 Å². The van der Waals surface area contributed by atoms with E-state index in [1.807, 2.05) is 24.3 Å². The van der Waals surface area contributed by atoms with Gasteiger partial charge in [0.25, 0.3) is 0 Å². The molecule has 6 heteroatoms. The van der Waals surface area contributed by atoms with Gasteiger partial charge in [0.05, 0.1) is 6.10 Å². The van der Waals surface area contributed by atoms with E-state index in [0.717, 1.165) is 27.7 Å². The maximum absolute atomic E-state index is 13.4.